The van der Waals surface area contributed by atoms with Gasteiger partial charge in [-0.25, -0.2) is 4.79 Å². The lowest BCUT2D eigenvalue weighted by Gasteiger charge is -2.27. The summed E-state index contributed by atoms with van der Waals surface area (Å²) in [7, 11) is 0. The van der Waals surface area contributed by atoms with Gasteiger partial charge in [-0.1, -0.05) is 26.8 Å². The summed E-state index contributed by atoms with van der Waals surface area (Å²) in [6.07, 6.45) is 3.66. The van der Waals surface area contributed by atoms with Crippen molar-refractivity contribution >= 4 is 11.5 Å². The lowest BCUT2D eigenvalue weighted by molar-refractivity contribution is 0.350. The van der Waals surface area contributed by atoms with Gasteiger partial charge >= 0.3 is 5.69 Å². The molecule has 6 nitrogen and oxygen atoms in total. The van der Waals surface area contributed by atoms with E-state index in [0.29, 0.717) is 11.6 Å². The summed E-state index contributed by atoms with van der Waals surface area (Å²) < 4.78 is 7.75. The van der Waals surface area contributed by atoms with Crippen LogP contribution in [0.4, 0.5) is 11.5 Å². The molecule has 25 heavy (non-hydrogen) atoms. The van der Waals surface area contributed by atoms with E-state index >= 15 is 0 Å². The van der Waals surface area contributed by atoms with Crippen LogP contribution in [0.25, 0.3) is 0 Å². The number of ether oxygens (including phenoxy) is 1. The molecule has 6 heteroatoms. The molecule has 2 aliphatic rings. The Labute approximate surface area is 147 Å². The molecular formula is C19H24N4O2. The van der Waals surface area contributed by atoms with Crippen molar-refractivity contribution in [1.29, 1.82) is 0 Å². The van der Waals surface area contributed by atoms with Crippen molar-refractivity contribution in [3.05, 3.63) is 40.4 Å². The van der Waals surface area contributed by atoms with Crippen LogP contribution in [-0.4, -0.2) is 22.6 Å². The summed E-state index contributed by atoms with van der Waals surface area (Å²) in [5.74, 6) is 1.86. The second-order valence-electron chi connectivity index (χ2n) is 7.81. The molecule has 2 aliphatic heterocycles. The van der Waals surface area contributed by atoms with Crippen LogP contribution < -0.4 is 21.1 Å². The molecule has 2 N–H and O–H groups in total. The molecule has 0 saturated carbocycles. The Balaban J connectivity index is 1.69. The highest BCUT2D eigenvalue weighted by atomic mass is 16.5. The Morgan fingerprint density at radius 2 is 1.96 bits per heavy atom. The molecule has 0 amide bonds. The van der Waals surface area contributed by atoms with E-state index in [9.17, 15) is 4.79 Å². The first kappa shape index (κ1) is 16.1. The van der Waals surface area contributed by atoms with Crippen molar-refractivity contribution in [3.8, 4) is 11.5 Å². The summed E-state index contributed by atoms with van der Waals surface area (Å²) in [5, 5.41) is 6.58. The van der Waals surface area contributed by atoms with Crippen LogP contribution in [0.1, 0.15) is 45.2 Å². The lowest BCUT2D eigenvalue weighted by Crippen LogP contribution is -2.35. The van der Waals surface area contributed by atoms with E-state index in [1.54, 1.807) is 10.8 Å². The van der Waals surface area contributed by atoms with Gasteiger partial charge in [-0.15, -0.1) is 0 Å². The highest BCUT2D eigenvalue weighted by molar-refractivity contribution is 5.73. The van der Waals surface area contributed by atoms with Crippen LogP contribution in [0.3, 0.4) is 0 Å². The molecule has 1 saturated heterocycles. The van der Waals surface area contributed by atoms with Crippen LogP contribution >= 0.6 is 0 Å². The van der Waals surface area contributed by atoms with Gasteiger partial charge in [-0.3, -0.25) is 4.57 Å². The van der Waals surface area contributed by atoms with Crippen LogP contribution in [0.15, 0.2) is 29.2 Å². The molecule has 1 aromatic heterocycles. The number of rotatable bonds is 1. The second-order valence-corrected chi connectivity index (χ2v) is 7.81. The highest BCUT2D eigenvalue weighted by Gasteiger charge is 2.24. The minimum Gasteiger partial charge on any atom is -0.450 e. The monoisotopic (exact) mass is 340 g/mol. The smallest absolute Gasteiger partial charge is 0.350 e. The molecule has 0 aliphatic carbocycles. The molecular weight excluding hydrogens is 316 g/mol. The van der Waals surface area contributed by atoms with Gasteiger partial charge in [0.2, 0.25) is 0 Å². The quantitative estimate of drug-likeness (QED) is 0.711. The molecule has 0 bridgehead atoms. The van der Waals surface area contributed by atoms with E-state index in [0.717, 1.165) is 37.4 Å². The maximum Gasteiger partial charge on any atom is 0.350 e. The van der Waals surface area contributed by atoms with Crippen molar-refractivity contribution in [2.45, 2.75) is 45.1 Å². The van der Waals surface area contributed by atoms with E-state index in [1.165, 1.54) is 5.56 Å². The van der Waals surface area contributed by atoms with Crippen molar-refractivity contribution in [1.82, 2.24) is 14.9 Å². The highest BCUT2D eigenvalue weighted by Crippen LogP contribution is 2.42. The first-order chi connectivity index (χ1) is 11.9. The van der Waals surface area contributed by atoms with E-state index in [1.807, 2.05) is 6.07 Å². The fourth-order valence-electron chi connectivity index (χ4n) is 3.39. The van der Waals surface area contributed by atoms with Gasteiger partial charge in [-0.05, 0) is 49.0 Å². The minimum atomic E-state index is -0.225. The molecule has 2 aromatic rings. The zero-order chi connectivity index (χ0) is 17.6. The number of nitrogens with zero attached hydrogens (tertiary/aromatic N) is 2. The Morgan fingerprint density at radius 1 is 1.20 bits per heavy atom. The summed E-state index contributed by atoms with van der Waals surface area (Å²) in [4.78, 5) is 16.7. The number of aromatic nitrogens is 2. The topological polar surface area (TPSA) is 68.2 Å². The molecule has 0 spiro atoms. The predicted octanol–water partition coefficient (Wildman–Crippen LogP) is 3.31. The summed E-state index contributed by atoms with van der Waals surface area (Å²) >= 11 is 0. The lowest BCUT2D eigenvalue weighted by atomic mass is 9.86. The Bertz CT molecular complexity index is 861. The fraction of sp³-hybridized carbons (Fsp3) is 0.474. The summed E-state index contributed by atoms with van der Waals surface area (Å²) in [5.41, 5.74) is 1.88. The first-order valence-corrected chi connectivity index (χ1v) is 8.85. The van der Waals surface area contributed by atoms with Crippen molar-refractivity contribution in [2.75, 3.05) is 18.4 Å². The van der Waals surface area contributed by atoms with Crippen LogP contribution in [-0.2, 0) is 5.41 Å². The van der Waals surface area contributed by atoms with E-state index < -0.39 is 0 Å². The number of nitrogens with one attached hydrogen (secondary N) is 2. The Morgan fingerprint density at radius 3 is 2.68 bits per heavy atom. The summed E-state index contributed by atoms with van der Waals surface area (Å²) in [6.45, 7) is 8.35. The largest absolute Gasteiger partial charge is 0.450 e. The van der Waals surface area contributed by atoms with Gasteiger partial charge in [0.15, 0.2) is 17.3 Å². The predicted molar refractivity (Wildman–Crippen MR) is 98.1 cm³/mol. The molecule has 1 aromatic carbocycles. The second kappa shape index (κ2) is 5.88. The zero-order valence-electron chi connectivity index (χ0n) is 14.9. The van der Waals surface area contributed by atoms with E-state index in [4.69, 9.17) is 4.74 Å². The molecule has 1 fully saturated rings. The van der Waals surface area contributed by atoms with Crippen molar-refractivity contribution < 1.29 is 4.74 Å². The van der Waals surface area contributed by atoms with E-state index in [-0.39, 0.29) is 17.1 Å². The van der Waals surface area contributed by atoms with Gasteiger partial charge in [0.1, 0.15) is 0 Å². The molecule has 0 radical (unpaired) electrons. The molecule has 132 valence electrons. The van der Waals surface area contributed by atoms with E-state index in [2.05, 4.69) is 48.5 Å². The number of fused-ring (bicyclic) bond motifs is 2. The third kappa shape index (κ3) is 3.02. The van der Waals surface area contributed by atoms with Gasteiger partial charge in [0, 0.05) is 6.04 Å². The van der Waals surface area contributed by atoms with Gasteiger partial charge in [0.25, 0.3) is 0 Å². The number of benzene rings is 1. The standard InChI is InChI=1S/C19H24N4O2/c1-19(2,3)12-4-5-15-14(10-12)21-17-16(25-15)11-23(18(24)22-17)13-6-8-20-9-7-13/h4-5,10-11,13,20H,6-9H2,1-3H3,(H,21,22,24). The maximum absolute atomic E-state index is 12.5. The summed E-state index contributed by atoms with van der Waals surface area (Å²) in [6, 6.07) is 6.31. The SMILES string of the molecule is CC(C)(C)c1ccc2c(c1)Nc1nc(=O)n(C3CCNCC3)cc1O2. The van der Waals surface area contributed by atoms with Gasteiger partial charge in [-0.2, -0.15) is 4.98 Å². The average molecular weight is 340 g/mol. The molecule has 3 heterocycles. The molecule has 4 rings (SSSR count). The normalized spacial score (nSPS) is 17.2. The number of anilines is 2. The van der Waals surface area contributed by atoms with Crippen LogP contribution in [0.5, 0.6) is 11.5 Å². The van der Waals surface area contributed by atoms with Crippen LogP contribution in [0, 0.1) is 0 Å². The third-order valence-electron chi connectivity index (χ3n) is 4.94. The molecule has 0 atom stereocenters. The first-order valence-electron chi connectivity index (χ1n) is 8.85. The van der Waals surface area contributed by atoms with Gasteiger partial charge in [0.05, 0.1) is 11.9 Å². The van der Waals surface area contributed by atoms with Gasteiger partial charge < -0.3 is 15.4 Å². The van der Waals surface area contributed by atoms with Crippen LogP contribution in [0.2, 0.25) is 0 Å². The maximum atomic E-state index is 12.5. The number of hydrogen-bond acceptors (Lipinski definition) is 5. The number of hydrogen-bond donors (Lipinski definition) is 2. The number of piperidine rings is 1. The fourth-order valence-corrected chi connectivity index (χ4v) is 3.39. The Kier molecular flexibility index (Phi) is 3.80. The third-order valence-corrected chi connectivity index (χ3v) is 4.94. The minimum absolute atomic E-state index is 0.0445. The Hall–Kier alpha value is -2.34. The molecule has 0 unspecified atom stereocenters. The van der Waals surface area contributed by atoms with Crippen molar-refractivity contribution in [2.24, 2.45) is 0 Å². The van der Waals surface area contributed by atoms with Crippen molar-refractivity contribution in [3.63, 3.8) is 0 Å². The zero-order valence-corrected chi connectivity index (χ0v) is 14.9. The average Bonchev–Trinajstić information content (AvgIpc) is 2.59.